The number of nitrogens with zero attached hydrogens (tertiary/aromatic N) is 2. The number of carbonyl (C=O) groups is 2. The number of carbonyl (C=O) groups excluding carboxylic acids is 2. The van der Waals surface area contributed by atoms with Crippen LogP contribution in [0.3, 0.4) is 0 Å². The Hall–Kier alpha value is -2.65. The van der Waals surface area contributed by atoms with E-state index >= 15 is 0 Å². The van der Waals surface area contributed by atoms with Crippen molar-refractivity contribution in [3.63, 3.8) is 0 Å². The molecule has 8 nitrogen and oxygen atoms in total. The second-order valence-corrected chi connectivity index (χ2v) is 5.94. The van der Waals surface area contributed by atoms with Crippen molar-refractivity contribution in [3.8, 4) is 0 Å². The van der Waals surface area contributed by atoms with E-state index in [2.05, 4.69) is 5.32 Å². The molecule has 24 heavy (non-hydrogen) atoms. The van der Waals surface area contributed by atoms with Crippen molar-refractivity contribution in [2.75, 3.05) is 0 Å². The molecule has 0 saturated carbocycles. The van der Waals surface area contributed by atoms with Gasteiger partial charge in [-0.25, -0.2) is 4.79 Å². The van der Waals surface area contributed by atoms with E-state index in [1.165, 1.54) is 15.2 Å². The molecule has 0 aliphatic carbocycles. The van der Waals surface area contributed by atoms with Gasteiger partial charge in [-0.1, -0.05) is 18.2 Å². The fourth-order valence-corrected chi connectivity index (χ4v) is 3.49. The summed E-state index contributed by atoms with van der Waals surface area (Å²) in [6.45, 7) is 0.341. The van der Waals surface area contributed by atoms with Gasteiger partial charge in [0.25, 0.3) is 0 Å². The van der Waals surface area contributed by atoms with Gasteiger partial charge >= 0.3 is 12.8 Å². The van der Waals surface area contributed by atoms with Gasteiger partial charge in [0.05, 0.1) is 11.0 Å². The summed E-state index contributed by atoms with van der Waals surface area (Å²) in [5, 5.41) is 21.3. The Balaban J connectivity index is 1.98. The van der Waals surface area contributed by atoms with E-state index in [1.807, 2.05) is 0 Å². The van der Waals surface area contributed by atoms with Crippen LogP contribution in [0.25, 0.3) is 17.1 Å². The first kappa shape index (κ1) is 14.9. The monoisotopic (exact) mass is 327 g/mol. The van der Waals surface area contributed by atoms with E-state index in [0.717, 1.165) is 0 Å². The minimum Gasteiger partial charge on any atom is -0.423 e. The van der Waals surface area contributed by atoms with Crippen LogP contribution >= 0.6 is 0 Å². The van der Waals surface area contributed by atoms with E-state index in [9.17, 15) is 24.4 Å². The molecule has 2 aliphatic heterocycles. The summed E-state index contributed by atoms with van der Waals surface area (Å²) in [4.78, 5) is 36.3. The first-order chi connectivity index (χ1) is 11.5. The average Bonchev–Trinajstić information content (AvgIpc) is 2.82. The molecule has 122 valence electrons. The highest BCUT2D eigenvalue weighted by atomic mass is 16.4. The number of rotatable bonds is 2. The molecule has 3 heterocycles. The van der Waals surface area contributed by atoms with Crippen molar-refractivity contribution in [2.24, 2.45) is 0 Å². The summed E-state index contributed by atoms with van der Waals surface area (Å²) in [6.07, 6.45) is 3.93. The lowest BCUT2D eigenvalue weighted by Crippen LogP contribution is -2.44. The summed E-state index contributed by atoms with van der Waals surface area (Å²) >= 11 is 0. The highest BCUT2D eigenvalue weighted by molar-refractivity contribution is 6.60. The second-order valence-electron chi connectivity index (χ2n) is 5.94. The predicted molar refractivity (Wildman–Crippen MR) is 86.5 cm³/mol. The van der Waals surface area contributed by atoms with E-state index in [4.69, 9.17) is 0 Å². The summed E-state index contributed by atoms with van der Waals surface area (Å²) in [6, 6.07) is 2.38. The minimum absolute atomic E-state index is 0.175. The predicted octanol–water partition coefficient (Wildman–Crippen LogP) is -1.51. The van der Waals surface area contributed by atoms with Crippen molar-refractivity contribution < 1.29 is 19.6 Å². The average molecular weight is 327 g/mol. The molecule has 1 fully saturated rings. The van der Waals surface area contributed by atoms with Gasteiger partial charge in [-0.15, -0.1) is 0 Å². The molecular weight excluding hydrogens is 313 g/mol. The Morgan fingerprint density at radius 1 is 1.21 bits per heavy atom. The first-order valence-corrected chi connectivity index (χ1v) is 7.63. The van der Waals surface area contributed by atoms with Crippen molar-refractivity contribution in [2.45, 2.75) is 25.4 Å². The largest absolute Gasteiger partial charge is 0.489 e. The molecule has 2 amide bonds. The molecule has 1 aromatic carbocycles. The van der Waals surface area contributed by atoms with Gasteiger partial charge in [-0.2, -0.15) is 0 Å². The van der Waals surface area contributed by atoms with Gasteiger partial charge in [-0.3, -0.25) is 24.0 Å². The highest BCUT2D eigenvalue weighted by Crippen LogP contribution is 2.27. The van der Waals surface area contributed by atoms with E-state index < -0.39 is 19.1 Å². The number of nitrogens with one attached hydrogen (secondary N) is 1. The third kappa shape index (κ3) is 1.98. The zero-order chi connectivity index (χ0) is 17.0. The van der Waals surface area contributed by atoms with Gasteiger partial charge < -0.3 is 10.0 Å². The van der Waals surface area contributed by atoms with Gasteiger partial charge in [0.2, 0.25) is 11.8 Å². The van der Waals surface area contributed by atoms with Crippen LogP contribution in [-0.2, 0) is 16.1 Å². The highest BCUT2D eigenvalue weighted by Gasteiger charge is 2.33. The van der Waals surface area contributed by atoms with Crippen LogP contribution in [0.4, 0.5) is 0 Å². The molecule has 0 radical (unpaired) electrons. The molecule has 9 heteroatoms. The van der Waals surface area contributed by atoms with Crippen molar-refractivity contribution in [1.82, 2.24) is 14.5 Å². The maximum Gasteiger partial charge on any atom is 0.489 e. The third-order valence-corrected chi connectivity index (χ3v) is 4.57. The smallest absolute Gasteiger partial charge is 0.423 e. The molecule has 0 bridgehead atoms. The zero-order valence-corrected chi connectivity index (χ0v) is 12.6. The summed E-state index contributed by atoms with van der Waals surface area (Å²) in [5.41, 5.74) is 1.61. The van der Waals surface area contributed by atoms with Gasteiger partial charge in [-0.05, 0) is 23.5 Å². The molecular formula is C15H14BN3O5. The van der Waals surface area contributed by atoms with Crippen LogP contribution in [0.15, 0.2) is 23.0 Å². The number of hydrogen-bond donors (Lipinski definition) is 3. The summed E-state index contributed by atoms with van der Waals surface area (Å²) in [7, 11) is -1.66. The van der Waals surface area contributed by atoms with Crippen LogP contribution in [0, 0.1) is 0 Å². The van der Waals surface area contributed by atoms with Gasteiger partial charge in [0, 0.05) is 13.0 Å². The molecule has 2 aromatic rings. The van der Waals surface area contributed by atoms with Gasteiger partial charge in [0.15, 0.2) is 0 Å². The summed E-state index contributed by atoms with van der Waals surface area (Å²) in [5.74, 6) is -0.835. The SMILES string of the molecule is O=C1CCC(n2c(=O)n3c4c(c(B(O)O)ccc42)C=CC3)C(=O)N1. The number of hydrogen-bond acceptors (Lipinski definition) is 5. The lowest BCUT2D eigenvalue weighted by Gasteiger charge is -2.22. The number of amides is 2. The number of piperidine rings is 1. The quantitative estimate of drug-likeness (QED) is 0.458. The van der Waals surface area contributed by atoms with Crippen molar-refractivity contribution in [1.29, 1.82) is 0 Å². The number of benzene rings is 1. The van der Waals surface area contributed by atoms with Crippen LogP contribution in [0.1, 0.15) is 24.4 Å². The van der Waals surface area contributed by atoms with Crippen LogP contribution in [0.5, 0.6) is 0 Å². The number of imidazole rings is 1. The van der Waals surface area contributed by atoms with Crippen molar-refractivity contribution in [3.05, 3.63) is 34.3 Å². The Bertz CT molecular complexity index is 972. The summed E-state index contributed by atoms with van der Waals surface area (Å²) < 4.78 is 2.89. The molecule has 1 atom stereocenters. The number of aromatic nitrogens is 2. The Kier molecular flexibility index (Phi) is 3.22. The normalized spacial score (nSPS) is 19.7. The topological polar surface area (TPSA) is 114 Å². The molecule has 4 rings (SSSR count). The van der Waals surface area contributed by atoms with Gasteiger partial charge in [0.1, 0.15) is 6.04 Å². The third-order valence-electron chi connectivity index (χ3n) is 4.57. The molecule has 1 saturated heterocycles. The zero-order valence-electron chi connectivity index (χ0n) is 12.6. The van der Waals surface area contributed by atoms with Crippen LogP contribution in [0.2, 0.25) is 0 Å². The Morgan fingerprint density at radius 2 is 2.00 bits per heavy atom. The van der Waals surface area contributed by atoms with E-state index in [1.54, 1.807) is 18.2 Å². The number of allylic oxidation sites excluding steroid dienone is 1. The maximum absolute atomic E-state index is 12.8. The molecule has 1 unspecified atom stereocenters. The Labute approximate surface area is 136 Å². The van der Waals surface area contributed by atoms with Crippen molar-refractivity contribution >= 4 is 41.5 Å². The van der Waals surface area contributed by atoms with E-state index in [0.29, 0.717) is 28.6 Å². The fraction of sp³-hybridized carbons (Fsp3) is 0.267. The Morgan fingerprint density at radius 3 is 2.71 bits per heavy atom. The second kappa shape index (κ2) is 5.18. The van der Waals surface area contributed by atoms with Crippen LogP contribution < -0.4 is 16.5 Å². The molecule has 1 aromatic heterocycles. The van der Waals surface area contributed by atoms with Crippen LogP contribution in [-0.4, -0.2) is 38.1 Å². The van der Waals surface area contributed by atoms with E-state index in [-0.39, 0.29) is 24.4 Å². The molecule has 2 aliphatic rings. The lowest BCUT2D eigenvalue weighted by molar-refractivity contribution is -0.135. The first-order valence-electron chi connectivity index (χ1n) is 7.63. The fourth-order valence-electron chi connectivity index (χ4n) is 3.49. The maximum atomic E-state index is 12.8. The standard InChI is InChI=1S/C15H14BN3O5/c20-12-6-5-11(14(21)17-12)19-10-4-3-9(16(23)24)8-2-1-7-18(13(8)10)15(19)22/h1-4,11,23-24H,5-7H2,(H,17,20,21). The lowest BCUT2D eigenvalue weighted by atomic mass is 9.76. The molecule has 3 N–H and O–H groups in total. The molecule has 0 spiro atoms. The minimum atomic E-state index is -1.66. The number of imide groups is 1.